The number of aryl methyl sites for hydroxylation is 1. The molecule has 0 aliphatic carbocycles. The number of aromatic nitrogens is 3. The number of aliphatic carboxylic acids is 1. The quantitative estimate of drug-likeness (QED) is 0.787. The largest absolute Gasteiger partial charge is 0.481 e. The Morgan fingerprint density at radius 3 is 2.48 bits per heavy atom. The van der Waals surface area contributed by atoms with Gasteiger partial charge in [0.05, 0.1) is 11.8 Å². The maximum atomic E-state index is 12.2. The second-order valence-corrected chi connectivity index (χ2v) is 5.14. The summed E-state index contributed by atoms with van der Waals surface area (Å²) in [5.41, 5.74) is -0.892. The molecule has 0 spiro atoms. The maximum absolute atomic E-state index is 12.2. The van der Waals surface area contributed by atoms with Crippen LogP contribution in [0.1, 0.15) is 16.9 Å². The first-order valence-corrected chi connectivity index (χ1v) is 6.78. The molecule has 2 rings (SSSR count). The summed E-state index contributed by atoms with van der Waals surface area (Å²) in [6.07, 6.45) is -0.186. The predicted octanol–water partition coefficient (Wildman–Crippen LogP) is -0.821. The maximum Gasteiger partial charge on any atom is 0.332 e. The molecular formula is C14H16N4O5. The van der Waals surface area contributed by atoms with Crippen molar-refractivity contribution in [2.75, 3.05) is 13.6 Å². The molecule has 0 unspecified atom stereocenters. The van der Waals surface area contributed by atoms with E-state index in [0.29, 0.717) is 0 Å². The number of amides is 1. The Kier molecular flexibility index (Phi) is 4.30. The molecule has 23 heavy (non-hydrogen) atoms. The van der Waals surface area contributed by atoms with Gasteiger partial charge in [0.25, 0.3) is 11.5 Å². The fourth-order valence-electron chi connectivity index (χ4n) is 2.13. The van der Waals surface area contributed by atoms with Crippen molar-refractivity contribution in [2.24, 2.45) is 14.1 Å². The Balaban J connectivity index is 2.49. The number of fused-ring (bicyclic) bond motifs is 1. The number of hydrogen-bond acceptors (Lipinski definition) is 5. The monoisotopic (exact) mass is 320 g/mol. The fourth-order valence-corrected chi connectivity index (χ4v) is 2.13. The summed E-state index contributed by atoms with van der Waals surface area (Å²) in [5.74, 6) is -1.50. The SMILES string of the molecule is CN(CCC(=O)O)C(=O)c1ccc2c(=O)n(C)c(=O)n(C)c2n1. The molecule has 2 heterocycles. The molecular weight excluding hydrogens is 304 g/mol. The van der Waals surface area contributed by atoms with Crippen LogP contribution in [0.25, 0.3) is 11.0 Å². The third kappa shape index (κ3) is 2.98. The fraction of sp³-hybridized carbons (Fsp3) is 0.357. The minimum atomic E-state index is -1.01. The first-order chi connectivity index (χ1) is 10.7. The van der Waals surface area contributed by atoms with Gasteiger partial charge in [-0.3, -0.25) is 23.5 Å². The topological polar surface area (TPSA) is 115 Å². The van der Waals surface area contributed by atoms with Crippen molar-refractivity contribution in [2.45, 2.75) is 6.42 Å². The van der Waals surface area contributed by atoms with Gasteiger partial charge in [0.15, 0.2) is 0 Å². The summed E-state index contributed by atoms with van der Waals surface area (Å²) in [6, 6.07) is 2.82. The van der Waals surface area contributed by atoms with E-state index >= 15 is 0 Å². The van der Waals surface area contributed by atoms with Crippen LogP contribution in [0.2, 0.25) is 0 Å². The summed E-state index contributed by atoms with van der Waals surface area (Å²) in [6.45, 7) is 0.0311. The van der Waals surface area contributed by atoms with E-state index in [1.165, 1.54) is 42.7 Å². The highest BCUT2D eigenvalue weighted by Crippen LogP contribution is 2.08. The number of carboxylic acids is 1. The highest BCUT2D eigenvalue weighted by atomic mass is 16.4. The van der Waals surface area contributed by atoms with Crippen LogP contribution >= 0.6 is 0 Å². The summed E-state index contributed by atoms with van der Waals surface area (Å²) < 4.78 is 2.15. The lowest BCUT2D eigenvalue weighted by molar-refractivity contribution is -0.137. The molecule has 2 aromatic heterocycles. The number of carbonyl (C=O) groups is 2. The molecule has 0 fully saturated rings. The Morgan fingerprint density at radius 2 is 1.87 bits per heavy atom. The minimum Gasteiger partial charge on any atom is -0.481 e. The molecule has 1 N–H and O–H groups in total. The Morgan fingerprint density at radius 1 is 1.22 bits per heavy atom. The van der Waals surface area contributed by atoms with Crippen LogP contribution < -0.4 is 11.2 Å². The molecule has 0 aliphatic rings. The highest BCUT2D eigenvalue weighted by Gasteiger charge is 2.17. The molecule has 0 bridgehead atoms. The molecule has 0 saturated carbocycles. The molecule has 9 heteroatoms. The van der Waals surface area contributed by atoms with Gasteiger partial charge in [-0.05, 0) is 12.1 Å². The van der Waals surface area contributed by atoms with E-state index in [1.807, 2.05) is 0 Å². The third-order valence-electron chi connectivity index (χ3n) is 3.53. The van der Waals surface area contributed by atoms with E-state index in [9.17, 15) is 19.2 Å². The number of carboxylic acid groups (broad SMARTS) is 1. The summed E-state index contributed by atoms with van der Waals surface area (Å²) in [7, 11) is 4.28. The smallest absolute Gasteiger partial charge is 0.332 e. The third-order valence-corrected chi connectivity index (χ3v) is 3.53. The molecule has 0 saturated heterocycles. The van der Waals surface area contributed by atoms with Crippen molar-refractivity contribution in [1.29, 1.82) is 0 Å². The van der Waals surface area contributed by atoms with Crippen LogP contribution in [0.3, 0.4) is 0 Å². The van der Waals surface area contributed by atoms with Gasteiger partial charge >= 0.3 is 11.7 Å². The van der Waals surface area contributed by atoms with E-state index in [1.54, 1.807) is 0 Å². The first-order valence-electron chi connectivity index (χ1n) is 6.78. The van der Waals surface area contributed by atoms with Crippen molar-refractivity contribution < 1.29 is 14.7 Å². The van der Waals surface area contributed by atoms with Crippen molar-refractivity contribution >= 4 is 22.9 Å². The van der Waals surface area contributed by atoms with Crippen LogP contribution in [0.5, 0.6) is 0 Å². The van der Waals surface area contributed by atoms with Gasteiger partial charge in [0.2, 0.25) is 0 Å². The van der Waals surface area contributed by atoms with Crippen LogP contribution in [0.4, 0.5) is 0 Å². The van der Waals surface area contributed by atoms with Crippen LogP contribution in [0.15, 0.2) is 21.7 Å². The number of rotatable bonds is 4. The zero-order valence-corrected chi connectivity index (χ0v) is 12.9. The summed E-state index contributed by atoms with van der Waals surface area (Å²) in [4.78, 5) is 52.1. The van der Waals surface area contributed by atoms with Crippen molar-refractivity contribution in [1.82, 2.24) is 19.0 Å². The standard InChI is InChI=1S/C14H16N4O5/c1-16(7-6-10(19)20)13(22)9-5-4-8-11(15-9)17(2)14(23)18(3)12(8)21/h4-5H,6-7H2,1-3H3,(H,19,20). The molecule has 122 valence electrons. The molecule has 0 aromatic carbocycles. The molecule has 0 aliphatic heterocycles. The number of hydrogen-bond donors (Lipinski definition) is 1. The van der Waals surface area contributed by atoms with E-state index < -0.39 is 23.1 Å². The minimum absolute atomic E-state index is 0.0311. The van der Waals surface area contributed by atoms with Crippen LogP contribution in [-0.4, -0.2) is 49.6 Å². The predicted molar refractivity (Wildman–Crippen MR) is 81.4 cm³/mol. The average molecular weight is 320 g/mol. The lowest BCUT2D eigenvalue weighted by Crippen LogP contribution is -2.37. The van der Waals surface area contributed by atoms with Gasteiger partial charge in [-0.15, -0.1) is 0 Å². The number of pyridine rings is 1. The Bertz CT molecular complexity index is 912. The Labute approximate surface area is 130 Å². The number of nitrogens with zero attached hydrogens (tertiary/aromatic N) is 4. The lowest BCUT2D eigenvalue weighted by Gasteiger charge is -2.16. The molecule has 2 aromatic rings. The second-order valence-electron chi connectivity index (χ2n) is 5.14. The normalized spacial score (nSPS) is 10.7. The van der Waals surface area contributed by atoms with Crippen LogP contribution in [0, 0.1) is 0 Å². The number of carbonyl (C=O) groups excluding carboxylic acids is 1. The van der Waals surface area contributed by atoms with Crippen molar-refractivity contribution in [3.05, 3.63) is 38.7 Å². The lowest BCUT2D eigenvalue weighted by atomic mass is 10.2. The van der Waals surface area contributed by atoms with E-state index in [2.05, 4.69) is 4.98 Å². The van der Waals surface area contributed by atoms with E-state index in [-0.39, 0.29) is 29.7 Å². The van der Waals surface area contributed by atoms with Gasteiger partial charge in [-0.2, -0.15) is 0 Å². The van der Waals surface area contributed by atoms with Crippen LogP contribution in [-0.2, 0) is 18.9 Å². The molecule has 0 atom stereocenters. The van der Waals surface area contributed by atoms with E-state index in [0.717, 1.165) is 4.57 Å². The van der Waals surface area contributed by atoms with Gasteiger partial charge in [0, 0.05) is 27.7 Å². The summed E-state index contributed by atoms with van der Waals surface area (Å²) >= 11 is 0. The van der Waals surface area contributed by atoms with Gasteiger partial charge < -0.3 is 10.0 Å². The molecule has 1 amide bonds. The van der Waals surface area contributed by atoms with Gasteiger partial charge in [0.1, 0.15) is 11.3 Å². The van der Waals surface area contributed by atoms with Crippen molar-refractivity contribution in [3.8, 4) is 0 Å². The average Bonchev–Trinajstić information content (AvgIpc) is 2.54. The van der Waals surface area contributed by atoms with Gasteiger partial charge in [-0.1, -0.05) is 0 Å². The van der Waals surface area contributed by atoms with Crippen molar-refractivity contribution in [3.63, 3.8) is 0 Å². The second kappa shape index (κ2) is 6.03. The zero-order chi connectivity index (χ0) is 17.3. The van der Waals surface area contributed by atoms with E-state index in [4.69, 9.17) is 5.11 Å². The molecule has 0 radical (unpaired) electrons. The first kappa shape index (κ1) is 16.4. The Hall–Kier alpha value is -2.97. The van der Waals surface area contributed by atoms with Gasteiger partial charge in [-0.25, -0.2) is 9.78 Å². The zero-order valence-electron chi connectivity index (χ0n) is 12.9. The molecule has 9 nitrogen and oxygen atoms in total. The highest BCUT2D eigenvalue weighted by molar-refractivity contribution is 5.94. The summed E-state index contributed by atoms with van der Waals surface area (Å²) in [5, 5.41) is 8.87.